The Balaban J connectivity index is 1.72. The zero-order chi connectivity index (χ0) is 22.5. The number of hydrogen-bond donors (Lipinski definition) is 1. The zero-order valence-corrected chi connectivity index (χ0v) is 19.4. The maximum Gasteiger partial charge on any atom is 0.242 e. The molecule has 0 bridgehead atoms. The Hall–Kier alpha value is -2.93. The van der Waals surface area contributed by atoms with Crippen LogP contribution in [-0.4, -0.2) is 59.4 Å². The maximum atomic E-state index is 12.8. The first-order valence-electron chi connectivity index (χ1n) is 10.6. The van der Waals surface area contributed by atoms with Crippen molar-refractivity contribution >= 4 is 16.9 Å². The van der Waals surface area contributed by atoms with Gasteiger partial charge in [-0.15, -0.1) is 5.10 Å². The average Bonchev–Trinajstić information content (AvgIpc) is 3.03. The number of aromatic nitrogens is 3. The van der Waals surface area contributed by atoms with Crippen molar-refractivity contribution in [3.8, 4) is 5.88 Å². The van der Waals surface area contributed by atoms with Crippen molar-refractivity contribution in [2.45, 2.75) is 39.2 Å². The number of fused-ring (bicyclic) bond motifs is 1. The van der Waals surface area contributed by atoms with Crippen LogP contribution in [0, 0.1) is 13.8 Å². The van der Waals surface area contributed by atoms with Gasteiger partial charge >= 0.3 is 0 Å². The van der Waals surface area contributed by atoms with Gasteiger partial charge in [-0.05, 0) is 57.5 Å². The van der Waals surface area contributed by atoms with Gasteiger partial charge in [0, 0.05) is 31.7 Å². The van der Waals surface area contributed by atoms with E-state index in [1.165, 1.54) is 5.56 Å². The van der Waals surface area contributed by atoms with Crippen molar-refractivity contribution in [2.24, 2.45) is 7.05 Å². The summed E-state index contributed by atoms with van der Waals surface area (Å²) in [6.07, 6.45) is 1.85. The molecule has 3 aromatic rings. The Labute approximate surface area is 184 Å². The topological polar surface area (TPSA) is 72.3 Å². The summed E-state index contributed by atoms with van der Waals surface area (Å²) in [5, 5.41) is 8.55. The highest BCUT2D eigenvalue weighted by molar-refractivity contribution is 5.86. The number of benzene rings is 1. The molecule has 0 aliphatic heterocycles. The minimum Gasteiger partial charge on any atom is -0.479 e. The fourth-order valence-corrected chi connectivity index (χ4v) is 4.15. The Morgan fingerprint density at radius 1 is 1.23 bits per heavy atom. The van der Waals surface area contributed by atoms with Crippen molar-refractivity contribution in [1.29, 1.82) is 0 Å². The van der Waals surface area contributed by atoms with E-state index in [0.717, 1.165) is 40.8 Å². The SMILES string of the molecule is COc1nn(C)c2nc(C)c(CCC(=O)NC(Cc3ccccc3)CN(C)C)c(C)c12. The van der Waals surface area contributed by atoms with Gasteiger partial charge in [0.2, 0.25) is 11.8 Å². The van der Waals surface area contributed by atoms with Gasteiger partial charge in [-0.1, -0.05) is 30.3 Å². The Bertz CT molecular complexity index is 1040. The average molecular weight is 424 g/mol. The molecule has 0 saturated heterocycles. The minimum atomic E-state index is 0.0554. The molecule has 3 rings (SSSR count). The molecule has 0 aliphatic carbocycles. The summed E-state index contributed by atoms with van der Waals surface area (Å²) >= 11 is 0. The van der Waals surface area contributed by atoms with Crippen LogP contribution < -0.4 is 10.1 Å². The van der Waals surface area contributed by atoms with Gasteiger partial charge in [0.15, 0.2) is 5.65 Å². The molecular weight excluding hydrogens is 390 g/mol. The predicted octanol–water partition coefficient (Wildman–Crippen LogP) is 2.82. The summed E-state index contributed by atoms with van der Waals surface area (Å²) in [6, 6.07) is 10.3. The molecule has 0 saturated carbocycles. The van der Waals surface area contributed by atoms with Crippen LogP contribution in [0.4, 0.5) is 0 Å². The quantitative estimate of drug-likeness (QED) is 0.573. The Morgan fingerprint density at radius 3 is 2.58 bits per heavy atom. The molecular formula is C24H33N5O2. The summed E-state index contributed by atoms with van der Waals surface area (Å²) in [6.45, 7) is 4.83. The first-order chi connectivity index (χ1) is 14.8. The molecule has 31 heavy (non-hydrogen) atoms. The standard InChI is InChI=1S/C24H33N5O2/c1-16-20(17(2)25-23-22(16)24(31-6)27-29(23)5)12-13-21(30)26-19(15-28(3)4)14-18-10-8-7-9-11-18/h7-11,19H,12-15H2,1-6H3,(H,26,30). The van der Waals surface area contributed by atoms with E-state index in [4.69, 9.17) is 9.72 Å². The van der Waals surface area contributed by atoms with E-state index in [2.05, 4.69) is 34.4 Å². The second-order valence-electron chi connectivity index (χ2n) is 8.35. The molecule has 7 heteroatoms. The largest absolute Gasteiger partial charge is 0.479 e. The monoisotopic (exact) mass is 423 g/mol. The number of rotatable bonds is 9. The summed E-state index contributed by atoms with van der Waals surface area (Å²) < 4.78 is 7.18. The number of pyridine rings is 1. The second-order valence-corrected chi connectivity index (χ2v) is 8.35. The molecule has 0 aliphatic rings. The van der Waals surface area contributed by atoms with Gasteiger partial charge in [-0.3, -0.25) is 4.79 Å². The normalized spacial score (nSPS) is 12.4. The van der Waals surface area contributed by atoms with Gasteiger partial charge in [-0.25, -0.2) is 9.67 Å². The number of carbonyl (C=O) groups excluding carboxylic acids is 1. The van der Waals surface area contributed by atoms with Crippen LogP contribution >= 0.6 is 0 Å². The summed E-state index contributed by atoms with van der Waals surface area (Å²) in [5.41, 5.74) is 5.11. The zero-order valence-electron chi connectivity index (χ0n) is 19.4. The number of ether oxygens (including phenoxy) is 1. The molecule has 166 valence electrons. The number of nitrogens with zero attached hydrogens (tertiary/aromatic N) is 4. The van der Waals surface area contributed by atoms with E-state index in [1.54, 1.807) is 11.8 Å². The third-order valence-electron chi connectivity index (χ3n) is 5.59. The van der Waals surface area contributed by atoms with Gasteiger partial charge in [0.05, 0.1) is 12.5 Å². The highest BCUT2D eigenvalue weighted by Crippen LogP contribution is 2.30. The Kier molecular flexibility index (Phi) is 7.28. The lowest BCUT2D eigenvalue weighted by Crippen LogP contribution is -2.43. The molecule has 1 N–H and O–H groups in total. The summed E-state index contributed by atoms with van der Waals surface area (Å²) in [5.74, 6) is 0.627. The number of nitrogens with one attached hydrogen (secondary N) is 1. The number of carbonyl (C=O) groups is 1. The number of aryl methyl sites for hydroxylation is 3. The van der Waals surface area contributed by atoms with Crippen molar-refractivity contribution in [2.75, 3.05) is 27.7 Å². The second kappa shape index (κ2) is 9.92. The molecule has 0 radical (unpaired) electrons. The molecule has 2 aromatic heterocycles. The lowest BCUT2D eigenvalue weighted by Gasteiger charge is -2.23. The van der Waals surface area contributed by atoms with E-state index in [1.807, 2.05) is 46.3 Å². The van der Waals surface area contributed by atoms with Gasteiger partial charge in [0.1, 0.15) is 0 Å². The molecule has 1 atom stereocenters. The van der Waals surface area contributed by atoms with Crippen LogP contribution in [0.5, 0.6) is 5.88 Å². The van der Waals surface area contributed by atoms with Crippen LogP contribution in [0.1, 0.15) is 28.8 Å². The first-order valence-corrected chi connectivity index (χ1v) is 10.6. The highest BCUT2D eigenvalue weighted by Gasteiger charge is 2.19. The van der Waals surface area contributed by atoms with E-state index in [9.17, 15) is 4.79 Å². The van der Waals surface area contributed by atoms with Gasteiger partial charge < -0.3 is 15.0 Å². The first kappa shape index (κ1) is 22.7. The molecule has 0 fully saturated rings. The molecule has 1 aromatic carbocycles. The maximum absolute atomic E-state index is 12.8. The van der Waals surface area contributed by atoms with Gasteiger partial charge in [-0.2, -0.15) is 0 Å². The fraction of sp³-hybridized carbons (Fsp3) is 0.458. The van der Waals surface area contributed by atoms with Crippen molar-refractivity contribution in [3.05, 3.63) is 52.7 Å². The molecule has 1 unspecified atom stereocenters. The van der Waals surface area contributed by atoms with E-state index in [-0.39, 0.29) is 11.9 Å². The van der Waals surface area contributed by atoms with E-state index < -0.39 is 0 Å². The lowest BCUT2D eigenvalue weighted by atomic mass is 9.99. The van der Waals surface area contributed by atoms with Crippen molar-refractivity contribution in [1.82, 2.24) is 25.0 Å². The van der Waals surface area contributed by atoms with Crippen LogP contribution in [0.3, 0.4) is 0 Å². The molecule has 2 heterocycles. The highest BCUT2D eigenvalue weighted by atomic mass is 16.5. The van der Waals surface area contributed by atoms with Crippen LogP contribution in [0.25, 0.3) is 11.0 Å². The van der Waals surface area contributed by atoms with Crippen molar-refractivity contribution < 1.29 is 9.53 Å². The van der Waals surface area contributed by atoms with Gasteiger partial charge in [0.25, 0.3) is 0 Å². The number of likely N-dealkylation sites (N-methyl/N-ethyl adjacent to an activating group) is 1. The third kappa shape index (κ3) is 5.41. The van der Waals surface area contributed by atoms with E-state index >= 15 is 0 Å². The lowest BCUT2D eigenvalue weighted by molar-refractivity contribution is -0.121. The van der Waals surface area contributed by atoms with Crippen molar-refractivity contribution in [3.63, 3.8) is 0 Å². The third-order valence-corrected chi connectivity index (χ3v) is 5.59. The molecule has 7 nitrogen and oxygen atoms in total. The number of amides is 1. The smallest absolute Gasteiger partial charge is 0.242 e. The van der Waals surface area contributed by atoms with Crippen LogP contribution in [0.15, 0.2) is 30.3 Å². The predicted molar refractivity (Wildman–Crippen MR) is 123 cm³/mol. The van der Waals surface area contributed by atoms with Crippen LogP contribution in [-0.2, 0) is 24.7 Å². The summed E-state index contributed by atoms with van der Waals surface area (Å²) in [4.78, 5) is 19.6. The van der Waals surface area contributed by atoms with Crippen LogP contribution in [0.2, 0.25) is 0 Å². The Morgan fingerprint density at radius 2 is 1.94 bits per heavy atom. The number of methoxy groups -OCH3 is 1. The fourth-order valence-electron chi connectivity index (χ4n) is 4.15. The number of hydrogen-bond acceptors (Lipinski definition) is 5. The minimum absolute atomic E-state index is 0.0554. The molecule has 1 amide bonds. The van der Waals surface area contributed by atoms with E-state index in [0.29, 0.717) is 18.7 Å². The summed E-state index contributed by atoms with van der Waals surface area (Å²) in [7, 11) is 7.53. The molecule has 0 spiro atoms.